The van der Waals surface area contributed by atoms with Crippen molar-refractivity contribution in [3.8, 4) is 0 Å². The highest BCUT2D eigenvalue weighted by Gasteiger charge is 2.61. The quantitative estimate of drug-likeness (QED) is 0.160. The van der Waals surface area contributed by atoms with Crippen molar-refractivity contribution in [2.75, 3.05) is 27.9 Å². The van der Waals surface area contributed by atoms with E-state index in [0.717, 1.165) is 25.9 Å². The fourth-order valence-corrected chi connectivity index (χ4v) is 7.72. The molecule has 174 valence electrons. The lowest BCUT2D eigenvalue weighted by atomic mass is 10.0. The van der Waals surface area contributed by atoms with Gasteiger partial charge in [0.25, 0.3) is 0 Å². The Balaban J connectivity index is 2.13. The molecular formula is C24H50O4Si. The molecule has 1 atom stereocenters. The monoisotopic (exact) mass is 430 g/mol. The summed E-state index contributed by atoms with van der Waals surface area (Å²) in [6.45, 7) is 3.08. The Morgan fingerprint density at radius 1 is 0.655 bits per heavy atom. The standard InChI is InChI=1S/C24H50O4Si/c1-5-6-7-8-9-10-11-12-13-14-15-16-17-18-21-24(22-19-20-23-28-24)29(25-2,26-3)27-4/h5-23H2,1-4H3. The van der Waals surface area contributed by atoms with Crippen LogP contribution in [0.4, 0.5) is 0 Å². The fourth-order valence-electron chi connectivity index (χ4n) is 4.86. The molecule has 1 unspecified atom stereocenters. The van der Waals surface area contributed by atoms with E-state index in [0.29, 0.717) is 0 Å². The van der Waals surface area contributed by atoms with E-state index in [1.165, 1.54) is 96.3 Å². The van der Waals surface area contributed by atoms with E-state index >= 15 is 0 Å². The molecule has 0 aliphatic carbocycles. The van der Waals surface area contributed by atoms with Gasteiger partial charge in [-0.05, 0) is 25.7 Å². The van der Waals surface area contributed by atoms with Crippen LogP contribution in [0, 0.1) is 0 Å². The van der Waals surface area contributed by atoms with Crippen molar-refractivity contribution in [3.05, 3.63) is 0 Å². The predicted octanol–water partition coefficient (Wildman–Crippen LogP) is 7.21. The average molecular weight is 431 g/mol. The van der Waals surface area contributed by atoms with Crippen molar-refractivity contribution in [3.63, 3.8) is 0 Å². The van der Waals surface area contributed by atoms with Crippen LogP contribution in [0.15, 0.2) is 0 Å². The molecule has 0 N–H and O–H groups in total. The van der Waals surface area contributed by atoms with Crippen molar-refractivity contribution < 1.29 is 18.0 Å². The van der Waals surface area contributed by atoms with Crippen molar-refractivity contribution in [1.29, 1.82) is 0 Å². The van der Waals surface area contributed by atoms with Crippen LogP contribution in [0.5, 0.6) is 0 Å². The molecule has 0 radical (unpaired) electrons. The molecule has 1 heterocycles. The fraction of sp³-hybridized carbons (Fsp3) is 1.00. The normalized spacial score (nSPS) is 20.3. The van der Waals surface area contributed by atoms with E-state index in [4.69, 9.17) is 18.0 Å². The molecule has 1 fully saturated rings. The third-order valence-corrected chi connectivity index (χ3v) is 10.0. The highest BCUT2D eigenvalue weighted by atomic mass is 28.4. The van der Waals surface area contributed by atoms with Gasteiger partial charge in [-0.2, -0.15) is 0 Å². The smallest absolute Gasteiger partial charge is 0.375 e. The van der Waals surface area contributed by atoms with Crippen LogP contribution in [-0.2, 0) is 18.0 Å². The first kappa shape index (κ1) is 27.1. The summed E-state index contributed by atoms with van der Waals surface area (Å²) in [4.78, 5) is 0. The lowest BCUT2D eigenvalue weighted by Crippen LogP contribution is -2.66. The Morgan fingerprint density at radius 2 is 1.10 bits per heavy atom. The first-order valence-electron chi connectivity index (χ1n) is 12.5. The van der Waals surface area contributed by atoms with E-state index in [1.54, 1.807) is 21.3 Å². The second kappa shape index (κ2) is 16.7. The lowest BCUT2D eigenvalue weighted by molar-refractivity contribution is -0.0878. The molecule has 1 aliphatic rings. The topological polar surface area (TPSA) is 36.9 Å². The van der Waals surface area contributed by atoms with Crippen LogP contribution >= 0.6 is 0 Å². The molecule has 0 bridgehead atoms. The number of hydrogen-bond acceptors (Lipinski definition) is 4. The van der Waals surface area contributed by atoms with Gasteiger partial charge in [0.1, 0.15) is 5.22 Å². The van der Waals surface area contributed by atoms with Gasteiger partial charge in [-0.15, -0.1) is 0 Å². The lowest BCUT2D eigenvalue weighted by Gasteiger charge is -2.45. The Hall–Kier alpha value is 0.0569. The average Bonchev–Trinajstić information content (AvgIpc) is 2.76. The number of ether oxygens (including phenoxy) is 1. The summed E-state index contributed by atoms with van der Waals surface area (Å²) in [6, 6.07) is 0. The van der Waals surface area contributed by atoms with Crippen LogP contribution in [0.25, 0.3) is 0 Å². The highest BCUT2D eigenvalue weighted by Crippen LogP contribution is 2.39. The summed E-state index contributed by atoms with van der Waals surface area (Å²) >= 11 is 0. The molecule has 29 heavy (non-hydrogen) atoms. The largest absolute Gasteiger partial charge is 0.533 e. The summed E-state index contributed by atoms with van der Waals surface area (Å²) in [5, 5.41) is -0.347. The zero-order valence-electron chi connectivity index (χ0n) is 20.1. The maximum atomic E-state index is 6.30. The zero-order valence-corrected chi connectivity index (χ0v) is 21.1. The molecule has 0 aromatic rings. The molecule has 1 saturated heterocycles. The maximum absolute atomic E-state index is 6.30. The summed E-state index contributed by atoms with van der Waals surface area (Å²) < 4.78 is 23.8. The van der Waals surface area contributed by atoms with Crippen molar-refractivity contribution in [1.82, 2.24) is 0 Å². The van der Waals surface area contributed by atoms with Crippen LogP contribution in [-0.4, -0.2) is 42.0 Å². The van der Waals surface area contributed by atoms with Crippen LogP contribution in [0.2, 0.25) is 0 Å². The van der Waals surface area contributed by atoms with Gasteiger partial charge in [0, 0.05) is 27.9 Å². The number of unbranched alkanes of at least 4 members (excludes halogenated alkanes) is 13. The van der Waals surface area contributed by atoms with Gasteiger partial charge < -0.3 is 18.0 Å². The Bertz CT molecular complexity index is 360. The van der Waals surface area contributed by atoms with Crippen LogP contribution in [0.1, 0.15) is 122 Å². The number of rotatable bonds is 19. The first-order chi connectivity index (χ1) is 14.2. The zero-order chi connectivity index (χ0) is 21.3. The van der Waals surface area contributed by atoms with Gasteiger partial charge in [-0.25, -0.2) is 0 Å². The molecule has 1 rings (SSSR count). The van der Waals surface area contributed by atoms with E-state index in [-0.39, 0.29) is 5.22 Å². The molecule has 0 spiro atoms. The third-order valence-electron chi connectivity index (χ3n) is 6.65. The highest BCUT2D eigenvalue weighted by molar-refractivity contribution is 6.64. The van der Waals surface area contributed by atoms with Crippen LogP contribution < -0.4 is 0 Å². The maximum Gasteiger partial charge on any atom is 0.533 e. The number of hydrogen-bond donors (Lipinski definition) is 0. The first-order valence-corrected chi connectivity index (χ1v) is 14.2. The molecule has 0 aromatic heterocycles. The molecule has 0 saturated carbocycles. The molecule has 5 heteroatoms. The minimum atomic E-state index is -2.79. The molecule has 1 aliphatic heterocycles. The van der Waals surface area contributed by atoms with E-state index in [1.807, 2.05) is 0 Å². The Morgan fingerprint density at radius 3 is 1.48 bits per heavy atom. The Labute approximate surface area is 182 Å². The van der Waals surface area contributed by atoms with E-state index in [2.05, 4.69) is 6.92 Å². The second-order valence-corrected chi connectivity index (χ2v) is 12.1. The van der Waals surface area contributed by atoms with Crippen molar-refractivity contribution >= 4 is 8.80 Å². The van der Waals surface area contributed by atoms with E-state index < -0.39 is 8.80 Å². The minimum absolute atomic E-state index is 0.347. The van der Waals surface area contributed by atoms with Gasteiger partial charge in [-0.1, -0.05) is 96.8 Å². The summed E-state index contributed by atoms with van der Waals surface area (Å²) in [7, 11) is 2.34. The second-order valence-electron chi connectivity index (χ2n) is 8.81. The molecular weight excluding hydrogens is 380 g/mol. The SMILES string of the molecule is CCCCCCCCCCCCCCCCC1([Si](OC)(OC)OC)CCCCO1. The molecule has 0 aromatic carbocycles. The van der Waals surface area contributed by atoms with Gasteiger partial charge in [0.2, 0.25) is 0 Å². The van der Waals surface area contributed by atoms with Crippen LogP contribution in [0.3, 0.4) is 0 Å². The van der Waals surface area contributed by atoms with Gasteiger partial charge in [-0.3, -0.25) is 0 Å². The van der Waals surface area contributed by atoms with Gasteiger partial charge in [0.05, 0.1) is 0 Å². The summed E-state index contributed by atoms with van der Waals surface area (Å²) in [5.41, 5.74) is 0. The molecule has 4 nitrogen and oxygen atoms in total. The minimum Gasteiger partial charge on any atom is -0.375 e. The Kier molecular flexibility index (Phi) is 15.6. The van der Waals surface area contributed by atoms with Gasteiger partial charge >= 0.3 is 8.80 Å². The van der Waals surface area contributed by atoms with Gasteiger partial charge in [0.15, 0.2) is 0 Å². The predicted molar refractivity (Wildman–Crippen MR) is 124 cm³/mol. The van der Waals surface area contributed by atoms with E-state index in [9.17, 15) is 0 Å². The van der Waals surface area contributed by atoms with Crippen molar-refractivity contribution in [2.45, 2.75) is 128 Å². The summed E-state index contributed by atoms with van der Waals surface area (Å²) in [6.07, 6.45) is 23.6. The summed E-state index contributed by atoms with van der Waals surface area (Å²) in [5.74, 6) is 0. The van der Waals surface area contributed by atoms with Crippen molar-refractivity contribution in [2.24, 2.45) is 0 Å². The third kappa shape index (κ3) is 9.38. The molecule has 0 amide bonds.